The maximum absolute atomic E-state index is 12.1. The molecule has 1 aromatic rings. The summed E-state index contributed by atoms with van der Waals surface area (Å²) >= 11 is 5.79. The predicted octanol–water partition coefficient (Wildman–Crippen LogP) is 2.15. The van der Waals surface area contributed by atoms with E-state index in [0.717, 1.165) is 19.4 Å². The SMILES string of the molecule is Cl.O=C(N[C@H]1CCCNC1)c1cc(Cl)ccc1[N+](=O)[O-]. The minimum atomic E-state index is -0.579. The van der Waals surface area contributed by atoms with Crippen LogP contribution in [0.2, 0.25) is 5.02 Å². The molecule has 0 aliphatic carbocycles. The van der Waals surface area contributed by atoms with Crippen LogP contribution in [0.25, 0.3) is 0 Å². The number of carbonyl (C=O) groups is 1. The van der Waals surface area contributed by atoms with Crippen LogP contribution in [-0.2, 0) is 0 Å². The summed E-state index contributed by atoms with van der Waals surface area (Å²) in [5.74, 6) is -0.456. The highest BCUT2D eigenvalue weighted by Gasteiger charge is 2.23. The molecule has 0 spiro atoms. The van der Waals surface area contributed by atoms with Crippen molar-refractivity contribution in [3.05, 3.63) is 38.9 Å². The van der Waals surface area contributed by atoms with Crippen LogP contribution in [0.3, 0.4) is 0 Å². The Morgan fingerprint density at radius 3 is 2.85 bits per heavy atom. The van der Waals surface area contributed by atoms with Gasteiger partial charge in [0, 0.05) is 23.7 Å². The van der Waals surface area contributed by atoms with Crippen molar-refractivity contribution in [3.63, 3.8) is 0 Å². The zero-order valence-corrected chi connectivity index (χ0v) is 12.2. The first-order valence-corrected chi connectivity index (χ1v) is 6.41. The Morgan fingerprint density at radius 1 is 1.50 bits per heavy atom. The van der Waals surface area contributed by atoms with Crippen LogP contribution in [0.4, 0.5) is 5.69 Å². The van der Waals surface area contributed by atoms with Gasteiger partial charge in [0.2, 0.25) is 0 Å². The van der Waals surface area contributed by atoms with Crippen molar-refractivity contribution in [2.45, 2.75) is 18.9 Å². The van der Waals surface area contributed by atoms with E-state index in [9.17, 15) is 14.9 Å². The number of nitrogens with one attached hydrogen (secondary N) is 2. The lowest BCUT2D eigenvalue weighted by atomic mass is 10.1. The van der Waals surface area contributed by atoms with E-state index in [-0.39, 0.29) is 29.7 Å². The number of nitro groups is 1. The third-order valence-electron chi connectivity index (χ3n) is 3.03. The van der Waals surface area contributed by atoms with Gasteiger partial charge in [-0.05, 0) is 31.5 Å². The van der Waals surface area contributed by atoms with Gasteiger partial charge in [-0.3, -0.25) is 14.9 Å². The lowest BCUT2D eigenvalue weighted by Gasteiger charge is -2.23. The fraction of sp³-hybridized carbons (Fsp3) is 0.417. The Kier molecular flexibility index (Phi) is 6.19. The highest BCUT2D eigenvalue weighted by molar-refractivity contribution is 6.31. The predicted molar refractivity (Wildman–Crippen MR) is 78.7 cm³/mol. The van der Waals surface area contributed by atoms with Crippen LogP contribution >= 0.6 is 24.0 Å². The van der Waals surface area contributed by atoms with Gasteiger partial charge in [-0.1, -0.05) is 11.6 Å². The maximum atomic E-state index is 12.1. The number of rotatable bonds is 3. The topological polar surface area (TPSA) is 84.3 Å². The Labute approximate surface area is 127 Å². The molecule has 110 valence electrons. The molecule has 0 aromatic heterocycles. The molecular formula is C12H15Cl2N3O3. The molecule has 1 aliphatic rings. The fourth-order valence-corrected chi connectivity index (χ4v) is 2.26. The summed E-state index contributed by atoms with van der Waals surface area (Å²) in [7, 11) is 0. The normalized spacial score (nSPS) is 17.9. The molecule has 0 unspecified atom stereocenters. The summed E-state index contributed by atoms with van der Waals surface area (Å²) in [4.78, 5) is 22.4. The highest BCUT2D eigenvalue weighted by atomic mass is 35.5. The average molecular weight is 320 g/mol. The van der Waals surface area contributed by atoms with E-state index in [1.54, 1.807) is 0 Å². The van der Waals surface area contributed by atoms with Gasteiger partial charge in [-0.15, -0.1) is 12.4 Å². The van der Waals surface area contributed by atoms with Gasteiger partial charge in [0.15, 0.2) is 0 Å². The molecule has 0 saturated carbocycles. The number of carbonyl (C=O) groups excluding carboxylic acids is 1. The second kappa shape index (κ2) is 7.42. The number of hydrogen-bond acceptors (Lipinski definition) is 4. The molecule has 8 heteroatoms. The van der Waals surface area contributed by atoms with Crippen molar-refractivity contribution < 1.29 is 9.72 Å². The second-order valence-corrected chi connectivity index (χ2v) is 4.87. The van der Waals surface area contributed by atoms with Crippen LogP contribution in [0.1, 0.15) is 23.2 Å². The van der Waals surface area contributed by atoms with E-state index < -0.39 is 10.8 Å². The number of amides is 1. The molecule has 20 heavy (non-hydrogen) atoms. The number of benzene rings is 1. The summed E-state index contributed by atoms with van der Waals surface area (Å²) in [5.41, 5.74) is -0.228. The Hall–Kier alpha value is -1.37. The van der Waals surface area contributed by atoms with Crippen LogP contribution < -0.4 is 10.6 Å². The van der Waals surface area contributed by atoms with E-state index in [1.165, 1.54) is 18.2 Å². The Morgan fingerprint density at radius 2 is 2.25 bits per heavy atom. The van der Waals surface area contributed by atoms with Gasteiger partial charge in [0.05, 0.1) is 4.92 Å². The maximum Gasteiger partial charge on any atom is 0.282 e. The summed E-state index contributed by atoms with van der Waals surface area (Å²) < 4.78 is 0. The summed E-state index contributed by atoms with van der Waals surface area (Å²) in [6.45, 7) is 1.61. The van der Waals surface area contributed by atoms with Crippen molar-refractivity contribution >= 4 is 35.6 Å². The first kappa shape index (κ1) is 16.7. The standard InChI is InChI=1S/C12H14ClN3O3.ClH/c13-8-3-4-11(16(18)19)10(6-8)12(17)15-9-2-1-5-14-7-9;/h3-4,6,9,14H,1-2,5,7H2,(H,15,17);1H/t9-;/m0./s1. The van der Waals surface area contributed by atoms with E-state index >= 15 is 0 Å². The van der Waals surface area contributed by atoms with Crippen molar-refractivity contribution in [1.29, 1.82) is 0 Å². The Bertz CT molecular complexity index is 505. The van der Waals surface area contributed by atoms with Crippen molar-refractivity contribution in [2.75, 3.05) is 13.1 Å². The van der Waals surface area contributed by atoms with Crippen LogP contribution in [0.15, 0.2) is 18.2 Å². The molecular weight excluding hydrogens is 305 g/mol. The summed E-state index contributed by atoms with van der Waals surface area (Å²) in [6, 6.07) is 3.97. The lowest BCUT2D eigenvalue weighted by molar-refractivity contribution is -0.385. The number of halogens is 2. The zero-order chi connectivity index (χ0) is 13.8. The molecule has 1 heterocycles. The fourth-order valence-electron chi connectivity index (χ4n) is 2.09. The quantitative estimate of drug-likeness (QED) is 0.660. The van der Waals surface area contributed by atoms with Gasteiger partial charge in [0.1, 0.15) is 5.56 Å². The summed E-state index contributed by atoms with van der Waals surface area (Å²) in [6.07, 6.45) is 1.84. The molecule has 2 N–H and O–H groups in total. The number of nitrogens with zero attached hydrogens (tertiary/aromatic N) is 1. The van der Waals surface area contributed by atoms with Crippen molar-refractivity contribution in [1.82, 2.24) is 10.6 Å². The van der Waals surface area contributed by atoms with Crippen LogP contribution in [0.5, 0.6) is 0 Å². The molecule has 0 radical (unpaired) electrons. The molecule has 1 amide bonds. The van der Waals surface area contributed by atoms with Crippen LogP contribution in [0, 0.1) is 10.1 Å². The molecule has 1 fully saturated rings. The minimum Gasteiger partial charge on any atom is -0.348 e. The first-order chi connectivity index (χ1) is 9.08. The molecule has 1 atom stereocenters. The monoisotopic (exact) mass is 319 g/mol. The second-order valence-electron chi connectivity index (χ2n) is 4.44. The van der Waals surface area contributed by atoms with Crippen molar-refractivity contribution in [3.8, 4) is 0 Å². The van der Waals surface area contributed by atoms with Gasteiger partial charge in [0.25, 0.3) is 11.6 Å². The highest BCUT2D eigenvalue weighted by Crippen LogP contribution is 2.22. The minimum absolute atomic E-state index is 0. The number of hydrogen-bond donors (Lipinski definition) is 2. The lowest BCUT2D eigenvalue weighted by Crippen LogP contribution is -2.45. The van der Waals surface area contributed by atoms with Gasteiger partial charge in [-0.25, -0.2) is 0 Å². The smallest absolute Gasteiger partial charge is 0.282 e. The van der Waals surface area contributed by atoms with Gasteiger partial charge in [-0.2, -0.15) is 0 Å². The summed E-state index contributed by atoms with van der Waals surface area (Å²) in [5, 5.41) is 17.2. The van der Waals surface area contributed by atoms with Gasteiger partial charge >= 0.3 is 0 Å². The zero-order valence-electron chi connectivity index (χ0n) is 10.6. The molecule has 6 nitrogen and oxygen atoms in total. The van der Waals surface area contributed by atoms with E-state index in [2.05, 4.69) is 10.6 Å². The molecule has 2 rings (SSSR count). The molecule has 1 aliphatic heterocycles. The van der Waals surface area contributed by atoms with E-state index in [4.69, 9.17) is 11.6 Å². The first-order valence-electron chi connectivity index (χ1n) is 6.03. The van der Waals surface area contributed by atoms with Crippen molar-refractivity contribution in [2.24, 2.45) is 0 Å². The third kappa shape index (κ3) is 4.06. The largest absolute Gasteiger partial charge is 0.348 e. The average Bonchev–Trinajstić information content (AvgIpc) is 2.39. The number of nitro benzene ring substituents is 1. The number of piperidine rings is 1. The van der Waals surface area contributed by atoms with E-state index in [1.807, 2.05) is 0 Å². The molecule has 1 saturated heterocycles. The van der Waals surface area contributed by atoms with Gasteiger partial charge < -0.3 is 10.6 Å². The molecule has 0 bridgehead atoms. The molecule has 1 aromatic carbocycles. The Balaban J connectivity index is 0.00000200. The third-order valence-corrected chi connectivity index (χ3v) is 3.27. The van der Waals surface area contributed by atoms with Crippen LogP contribution in [-0.4, -0.2) is 30.0 Å². The van der Waals surface area contributed by atoms with E-state index in [0.29, 0.717) is 11.6 Å².